The zero-order chi connectivity index (χ0) is 7.56. The van der Waals surface area contributed by atoms with Crippen molar-refractivity contribution in [2.45, 2.75) is 0 Å². The predicted octanol–water partition coefficient (Wildman–Crippen LogP) is -0.285. The molecule has 0 aliphatic rings. The van der Waals surface area contributed by atoms with Gasteiger partial charge in [-0.3, -0.25) is 4.79 Å². The van der Waals surface area contributed by atoms with Crippen molar-refractivity contribution in [1.29, 1.82) is 0 Å². The van der Waals surface area contributed by atoms with E-state index in [1.807, 2.05) is 0 Å². The van der Waals surface area contributed by atoms with Gasteiger partial charge in [0, 0.05) is 12.4 Å². The van der Waals surface area contributed by atoms with Gasteiger partial charge in [0.25, 0.3) is 5.91 Å². The van der Waals surface area contributed by atoms with Gasteiger partial charge in [0.15, 0.2) is 5.69 Å². The monoisotopic (exact) mass is 141 g/mol. The number of nitrogens with two attached hydrogens (primary N) is 1. The molecule has 1 heterocycles. The molecule has 4 nitrogen and oxygen atoms in total. The Morgan fingerprint density at radius 1 is 1.50 bits per heavy atom. The molecule has 0 aliphatic carbocycles. The van der Waals surface area contributed by atoms with Crippen molar-refractivity contribution in [2.24, 2.45) is 5.73 Å². The van der Waals surface area contributed by atoms with E-state index in [2.05, 4.69) is 9.97 Å². The van der Waals surface area contributed by atoms with Gasteiger partial charge < -0.3 is 5.73 Å². The lowest BCUT2D eigenvalue weighted by Crippen LogP contribution is -2.15. The summed E-state index contributed by atoms with van der Waals surface area (Å²) in [6.07, 6.45) is 2.34. The lowest BCUT2D eigenvalue weighted by atomic mass is 10.4. The minimum atomic E-state index is -0.935. The van der Waals surface area contributed by atoms with E-state index < -0.39 is 17.5 Å². The summed E-state index contributed by atoms with van der Waals surface area (Å²) in [5.41, 5.74) is 4.30. The number of carbonyl (C=O) groups is 1. The Balaban J connectivity index is 3.15. The molecule has 0 saturated heterocycles. The maximum Gasteiger partial charge on any atom is 0.272 e. The quantitative estimate of drug-likeness (QED) is 0.584. The number of carbonyl (C=O) groups excluding carboxylic acids is 1. The Morgan fingerprint density at radius 2 is 2.10 bits per heavy atom. The molecule has 10 heavy (non-hydrogen) atoms. The molecule has 0 atom stereocenters. The van der Waals surface area contributed by atoms with Crippen LogP contribution in [-0.2, 0) is 0 Å². The van der Waals surface area contributed by atoms with Crippen LogP contribution in [0.3, 0.4) is 0 Å². The fourth-order valence-corrected chi connectivity index (χ4v) is 0.486. The van der Waals surface area contributed by atoms with Crippen LogP contribution in [0.25, 0.3) is 0 Å². The minimum Gasteiger partial charge on any atom is -0.364 e. The smallest absolute Gasteiger partial charge is 0.272 e. The second-order valence-electron chi connectivity index (χ2n) is 1.56. The molecule has 0 aliphatic heterocycles. The molecule has 0 unspecified atom stereocenters. The molecule has 2 N–H and O–H groups in total. The number of halogens is 1. The summed E-state index contributed by atoms with van der Waals surface area (Å²) >= 11 is 0. The third-order valence-corrected chi connectivity index (χ3v) is 0.887. The molecule has 1 aromatic heterocycles. The summed E-state index contributed by atoms with van der Waals surface area (Å²) in [7, 11) is 0. The van der Waals surface area contributed by atoms with Crippen LogP contribution in [0.5, 0.6) is 0 Å². The van der Waals surface area contributed by atoms with E-state index in [1.165, 1.54) is 6.20 Å². The van der Waals surface area contributed by atoms with Gasteiger partial charge in [-0.2, -0.15) is 4.39 Å². The van der Waals surface area contributed by atoms with E-state index >= 15 is 0 Å². The average Bonchev–Trinajstić information content (AvgIpc) is 1.88. The maximum atomic E-state index is 12.4. The lowest BCUT2D eigenvalue weighted by Gasteiger charge is -1.91. The van der Waals surface area contributed by atoms with E-state index in [0.717, 1.165) is 6.20 Å². The van der Waals surface area contributed by atoms with Gasteiger partial charge in [-0.15, -0.1) is 0 Å². The summed E-state index contributed by atoms with van der Waals surface area (Å²) in [6, 6.07) is 0. The molecule has 1 rings (SSSR count). The van der Waals surface area contributed by atoms with Crippen molar-refractivity contribution in [3.05, 3.63) is 24.0 Å². The third kappa shape index (κ3) is 1.07. The van der Waals surface area contributed by atoms with Crippen molar-refractivity contribution in [3.63, 3.8) is 0 Å². The van der Waals surface area contributed by atoms with Crippen molar-refractivity contribution in [3.8, 4) is 0 Å². The highest BCUT2D eigenvalue weighted by Crippen LogP contribution is 1.95. The van der Waals surface area contributed by atoms with Crippen LogP contribution in [-0.4, -0.2) is 15.9 Å². The SMILES string of the molecule is NC(=O)c1nccnc1F. The number of rotatable bonds is 1. The number of primary amides is 1. The Bertz CT molecular complexity index is 263. The highest BCUT2D eigenvalue weighted by atomic mass is 19.1. The number of aromatic nitrogens is 2. The number of amides is 1. The Labute approximate surface area is 55.9 Å². The van der Waals surface area contributed by atoms with Crippen LogP contribution < -0.4 is 5.73 Å². The topological polar surface area (TPSA) is 68.9 Å². The summed E-state index contributed by atoms with van der Waals surface area (Å²) < 4.78 is 12.4. The van der Waals surface area contributed by atoms with E-state index in [1.54, 1.807) is 0 Å². The molecule has 5 heteroatoms. The molecule has 0 aromatic carbocycles. The van der Waals surface area contributed by atoms with Gasteiger partial charge in [-0.05, 0) is 0 Å². The van der Waals surface area contributed by atoms with Gasteiger partial charge in [-0.1, -0.05) is 0 Å². The summed E-state index contributed by atoms with van der Waals surface area (Å²) in [4.78, 5) is 16.8. The van der Waals surface area contributed by atoms with E-state index in [0.29, 0.717) is 0 Å². The molecule has 52 valence electrons. The second kappa shape index (κ2) is 2.38. The molecule has 1 aromatic rings. The second-order valence-corrected chi connectivity index (χ2v) is 1.56. The fourth-order valence-electron chi connectivity index (χ4n) is 0.486. The Morgan fingerprint density at radius 3 is 2.50 bits per heavy atom. The maximum absolute atomic E-state index is 12.4. The van der Waals surface area contributed by atoms with Gasteiger partial charge in [-0.25, -0.2) is 9.97 Å². The largest absolute Gasteiger partial charge is 0.364 e. The minimum absolute atomic E-state index is 0.428. The summed E-state index contributed by atoms with van der Waals surface area (Å²) in [5, 5.41) is 0. The van der Waals surface area contributed by atoms with Gasteiger partial charge in [0.2, 0.25) is 5.95 Å². The summed E-state index contributed by atoms with van der Waals surface area (Å²) in [5.74, 6) is -1.85. The highest BCUT2D eigenvalue weighted by molar-refractivity contribution is 5.90. The number of hydrogen-bond donors (Lipinski definition) is 1. The van der Waals surface area contributed by atoms with Crippen molar-refractivity contribution >= 4 is 5.91 Å². The molecule has 0 spiro atoms. The Kier molecular flexibility index (Phi) is 1.57. The molecule has 0 saturated carbocycles. The van der Waals surface area contributed by atoms with Gasteiger partial charge in [0.1, 0.15) is 0 Å². The molecule has 0 bridgehead atoms. The first-order valence-corrected chi connectivity index (χ1v) is 2.48. The zero-order valence-electron chi connectivity index (χ0n) is 4.91. The van der Waals surface area contributed by atoms with E-state index in [9.17, 15) is 9.18 Å². The fraction of sp³-hybridized carbons (Fsp3) is 0. The van der Waals surface area contributed by atoms with Crippen LogP contribution in [0.2, 0.25) is 0 Å². The predicted molar refractivity (Wildman–Crippen MR) is 30.5 cm³/mol. The Hall–Kier alpha value is -1.52. The molecule has 1 amide bonds. The standard InChI is InChI=1S/C5H4FN3O/c6-4-3(5(7)10)8-1-2-9-4/h1-2H,(H2,7,10). The zero-order valence-corrected chi connectivity index (χ0v) is 4.91. The number of hydrogen-bond acceptors (Lipinski definition) is 3. The summed E-state index contributed by atoms with van der Waals surface area (Å²) in [6.45, 7) is 0. The normalized spacial score (nSPS) is 9.30. The molecule has 0 radical (unpaired) electrons. The van der Waals surface area contributed by atoms with Crippen LogP contribution in [0.15, 0.2) is 12.4 Å². The highest BCUT2D eigenvalue weighted by Gasteiger charge is 2.08. The van der Waals surface area contributed by atoms with Crippen LogP contribution >= 0.6 is 0 Å². The first kappa shape index (κ1) is 6.60. The first-order valence-electron chi connectivity index (χ1n) is 2.48. The molecule has 0 fully saturated rings. The first-order chi connectivity index (χ1) is 4.72. The van der Waals surface area contributed by atoms with Crippen LogP contribution in [0.4, 0.5) is 4.39 Å². The van der Waals surface area contributed by atoms with Crippen LogP contribution in [0, 0.1) is 5.95 Å². The molecular weight excluding hydrogens is 137 g/mol. The van der Waals surface area contributed by atoms with Crippen molar-refractivity contribution < 1.29 is 9.18 Å². The van der Waals surface area contributed by atoms with Crippen molar-refractivity contribution in [1.82, 2.24) is 9.97 Å². The van der Waals surface area contributed by atoms with Crippen molar-refractivity contribution in [2.75, 3.05) is 0 Å². The molecular formula is C5H4FN3O. The average molecular weight is 141 g/mol. The third-order valence-electron chi connectivity index (χ3n) is 0.887. The van der Waals surface area contributed by atoms with Gasteiger partial charge >= 0.3 is 0 Å². The van der Waals surface area contributed by atoms with E-state index in [-0.39, 0.29) is 0 Å². The van der Waals surface area contributed by atoms with E-state index in [4.69, 9.17) is 5.73 Å². The number of nitrogens with zero attached hydrogens (tertiary/aromatic N) is 2. The lowest BCUT2D eigenvalue weighted by molar-refractivity contribution is 0.0990. The van der Waals surface area contributed by atoms with Crippen LogP contribution in [0.1, 0.15) is 10.5 Å². The van der Waals surface area contributed by atoms with Gasteiger partial charge in [0.05, 0.1) is 0 Å².